The van der Waals surface area contributed by atoms with Crippen molar-refractivity contribution in [1.29, 1.82) is 0 Å². The lowest BCUT2D eigenvalue weighted by Crippen LogP contribution is -2.62. The van der Waals surface area contributed by atoms with Gasteiger partial charge >= 0.3 is 0 Å². The number of carbonyl (C=O) groups excluding carboxylic acids is 1. The van der Waals surface area contributed by atoms with Crippen LogP contribution in [0.15, 0.2) is 0 Å². The summed E-state index contributed by atoms with van der Waals surface area (Å²) >= 11 is 0. The molecule has 4 saturated heterocycles. The molecule has 4 fully saturated rings. The normalized spacial score (nSPS) is 42.2. The van der Waals surface area contributed by atoms with Crippen LogP contribution < -0.4 is 0 Å². The van der Waals surface area contributed by atoms with E-state index in [0.29, 0.717) is 36.6 Å². The van der Waals surface area contributed by atoms with E-state index >= 15 is 0 Å². The van der Waals surface area contributed by atoms with Gasteiger partial charge < -0.3 is 5.11 Å². The third-order valence-corrected chi connectivity index (χ3v) is 3.93. The molecule has 4 aliphatic rings. The van der Waals surface area contributed by atoms with Crippen molar-refractivity contribution in [2.75, 3.05) is 12.8 Å². The Morgan fingerprint density at radius 3 is 2.00 bits per heavy atom. The van der Waals surface area contributed by atoms with Crippen LogP contribution in [0, 0.1) is 5.92 Å². The van der Waals surface area contributed by atoms with E-state index in [1.54, 1.807) is 0 Å². The summed E-state index contributed by atoms with van der Waals surface area (Å²) in [4.78, 5) is 13.8. The Kier molecular flexibility index (Phi) is 3.77. The number of aliphatic hydroxyl groups is 1. The molecule has 18 heavy (non-hydrogen) atoms. The zero-order chi connectivity index (χ0) is 13.5. The van der Waals surface area contributed by atoms with Crippen LogP contribution in [0.5, 0.6) is 0 Å². The maximum absolute atomic E-state index is 11.5. The lowest BCUT2D eigenvalue weighted by molar-refractivity contribution is -0.144. The minimum atomic E-state index is -3.67. The number of nitrogens with zero attached hydrogens (tertiary/aromatic N) is 1. The van der Waals surface area contributed by atoms with Crippen molar-refractivity contribution in [3.05, 3.63) is 0 Å². The van der Waals surface area contributed by atoms with Crippen molar-refractivity contribution >= 4 is 15.9 Å². The van der Waals surface area contributed by atoms with Crippen LogP contribution in [-0.2, 0) is 14.9 Å². The predicted molar refractivity (Wildman–Crippen MR) is 64.7 cm³/mol. The van der Waals surface area contributed by atoms with Crippen molar-refractivity contribution in [1.82, 2.24) is 4.90 Å². The van der Waals surface area contributed by atoms with Crippen LogP contribution in [0.2, 0.25) is 0 Å². The Labute approximate surface area is 107 Å². The van der Waals surface area contributed by atoms with Crippen LogP contribution in [0.3, 0.4) is 0 Å². The highest BCUT2D eigenvalue weighted by Crippen LogP contribution is 2.41. The molecule has 0 saturated carbocycles. The Hall–Kier alpha value is -0.500. The predicted octanol–water partition coefficient (Wildman–Crippen LogP) is -0.323. The second kappa shape index (κ2) is 4.88. The van der Waals surface area contributed by atoms with Gasteiger partial charge in [0.1, 0.15) is 5.78 Å². The number of hydrogen-bond acceptors (Lipinski definition) is 5. The molecule has 0 aromatic carbocycles. The summed E-state index contributed by atoms with van der Waals surface area (Å²) in [6.45, 7) is 0.659. The fraction of sp³-hybridized carbons (Fsp3) is 0.909. The molecular formula is C11H19NO5S. The largest absolute Gasteiger partial charge is 0.393 e. The molecule has 4 aliphatic heterocycles. The van der Waals surface area contributed by atoms with E-state index in [0.717, 1.165) is 25.7 Å². The number of carbonyl (C=O) groups is 1. The Bertz CT molecular complexity index is 411. The molecule has 2 N–H and O–H groups in total. The average Bonchev–Trinajstić information content (AvgIpc) is 2.15. The quantitative estimate of drug-likeness (QED) is 0.589. The van der Waals surface area contributed by atoms with Crippen LogP contribution >= 0.6 is 0 Å². The Morgan fingerprint density at radius 1 is 1.17 bits per heavy atom. The van der Waals surface area contributed by atoms with Crippen molar-refractivity contribution in [2.24, 2.45) is 5.92 Å². The molecule has 104 valence electrons. The van der Waals surface area contributed by atoms with Gasteiger partial charge in [-0.2, -0.15) is 8.42 Å². The molecule has 6 nitrogen and oxygen atoms in total. The van der Waals surface area contributed by atoms with Gasteiger partial charge in [0.15, 0.2) is 0 Å². The second-order valence-electron chi connectivity index (χ2n) is 5.47. The first-order valence-electron chi connectivity index (χ1n) is 6.13. The summed E-state index contributed by atoms with van der Waals surface area (Å²) in [6, 6.07) is 1.01. The lowest BCUT2D eigenvalue weighted by atomic mass is 9.72. The Balaban J connectivity index is 0.000000209. The maximum atomic E-state index is 11.5. The molecule has 2 atom stereocenters. The standard InChI is InChI=1S/C10H15NO2.CH4O3S/c12-9-3-7-1-6-2-8(4-9)11(7)5-10(6)13;1-5(2,3)4/h6-9,12H,1-5H2;1H3,(H,2,3,4)/t6?,7-,8-,9?;/m0./s1. The van der Waals surface area contributed by atoms with Gasteiger partial charge in [0.2, 0.25) is 0 Å². The topological polar surface area (TPSA) is 94.9 Å². The monoisotopic (exact) mass is 277 g/mol. The van der Waals surface area contributed by atoms with Gasteiger partial charge in [-0.15, -0.1) is 0 Å². The minimum Gasteiger partial charge on any atom is -0.393 e. The highest BCUT2D eigenvalue weighted by atomic mass is 32.2. The van der Waals surface area contributed by atoms with Gasteiger partial charge in [-0.3, -0.25) is 14.2 Å². The minimum absolute atomic E-state index is 0.111. The second-order valence-corrected chi connectivity index (χ2v) is 6.94. The van der Waals surface area contributed by atoms with Gasteiger partial charge in [-0.25, -0.2) is 0 Å². The molecule has 4 rings (SSSR count). The number of piperidine rings is 4. The SMILES string of the molecule is CS(=O)(=O)O.O=C1CN2[C@@H]3CC(O)C[C@@H]2CC1C3. The van der Waals surface area contributed by atoms with Crippen LogP contribution in [0.1, 0.15) is 25.7 Å². The number of hydrogen-bond donors (Lipinski definition) is 2. The van der Waals surface area contributed by atoms with Crippen molar-refractivity contribution in [3.8, 4) is 0 Å². The van der Waals surface area contributed by atoms with Crippen LogP contribution in [0.4, 0.5) is 0 Å². The summed E-state index contributed by atoms with van der Waals surface area (Å²) < 4.78 is 25.9. The van der Waals surface area contributed by atoms with Crippen molar-refractivity contribution in [3.63, 3.8) is 0 Å². The molecule has 0 amide bonds. The van der Waals surface area contributed by atoms with Gasteiger partial charge in [-0.05, 0) is 25.7 Å². The summed E-state index contributed by atoms with van der Waals surface area (Å²) in [5, 5.41) is 9.60. The zero-order valence-corrected chi connectivity index (χ0v) is 11.1. The number of Topliss-reactive ketones (excluding diaryl/α,β-unsaturated/α-hetero) is 1. The lowest BCUT2D eigenvalue weighted by Gasteiger charge is -2.53. The fourth-order valence-electron chi connectivity index (χ4n) is 3.34. The molecular weight excluding hydrogens is 258 g/mol. The molecule has 4 bridgehead atoms. The van der Waals surface area contributed by atoms with E-state index in [1.807, 2.05) is 0 Å². The first-order chi connectivity index (χ1) is 8.24. The highest BCUT2D eigenvalue weighted by molar-refractivity contribution is 7.85. The third-order valence-electron chi connectivity index (χ3n) is 3.93. The molecule has 0 radical (unpaired) electrons. The highest BCUT2D eigenvalue weighted by Gasteiger charge is 2.48. The van der Waals surface area contributed by atoms with Gasteiger partial charge in [0, 0.05) is 18.0 Å². The fourth-order valence-corrected chi connectivity index (χ4v) is 3.34. The van der Waals surface area contributed by atoms with E-state index in [2.05, 4.69) is 4.90 Å². The number of ketones is 1. The molecule has 0 aromatic rings. The first kappa shape index (κ1) is 13.9. The summed E-state index contributed by atoms with van der Waals surface area (Å²) in [7, 11) is -3.67. The van der Waals surface area contributed by atoms with Gasteiger partial charge in [0.05, 0.1) is 18.9 Å². The Morgan fingerprint density at radius 2 is 1.61 bits per heavy atom. The molecule has 0 aliphatic carbocycles. The van der Waals surface area contributed by atoms with E-state index in [9.17, 15) is 18.3 Å². The number of aliphatic hydroxyl groups excluding tert-OH is 1. The van der Waals surface area contributed by atoms with Gasteiger partial charge in [0.25, 0.3) is 10.1 Å². The van der Waals surface area contributed by atoms with Crippen molar-refractivity contribution in [2.45, 2.75) is 43.9 Å². The van der Waals surface area contributed by atoms with E-state index < -0.39 is 10.1 Å². The number of fused-ring (bicyclic) bond motifs is 1. The summed E-state index contributed by atoms with van der Waals surface area (Å²) in [5.41, 5.74) is 0. The molecule has 7 heteroatoms. The summed E-state index contributed by atoms with van der Waals surface area (Å²) in [6.07, 6.45) is 4.40. The maximum Gasteiger partial charge on any atom is 0.261 e. The van der Waals surface area contributed by atoms with E-state index in [1.165, 1.54) is 0 Å². The molecule has 0 aromatic heterocycles. The third kappa shape index (κ3) is 3.28. The van der Waals surface area contributed by atoms with Gasteiger partial charge in [-0.1, -0.05) is 0 Å². The van der Waals surface area contributed by atoms with E-state index in [4.69, 9.17) is 4.55 Å². The summed E-state index contributed by atoms with van der Waals surface area (Å²) in [5.74, 6) is 0.761. The molecule has 0 spiro atoms. The van der Waals surface area contributed by atoms with Crippen LogP contribution in [-0.4, -0.2) is 59.7 Å². The molecule has 4 heterocycles. The first-order valence-corrected chi connectivity index (χ1v) is 7.98. The van der Waals surface area contributed by atoms with Crippen molar-refractivity contribution < 1.29 is 22.9 Å². The van der Waals surface area contributed by atoms with Crippen LogP contribution in [0.25, 0.3) is 0 Å². The van der Waals surface area contributed by atoms with E-state index in [-0.39, 0.29) is 6.10 Å². The zero-order valence-electron chi connectivity index (χ0n) is 10.3. The number of rotatable bonds is 0. The molecule has 0 unspecified atom stereocenters. The average molecular weight is 277 g/mol. The smallest absolute Gasteiger partial charge is 0.261 e.